The average molecular weight is 373 g/mol. The number of benzene rings is 2. The molecular formula is C22H23N5O. The molecule has 0 aliphatic carbocycles. The molecule has 1 fully saturated rings. The Hall–Kier alpha value is -3.41. The minimum atomic E-state index is -0.0881. The molecule has 4 rings (SSSR count). The van der Waals surface area contributed by atoms with Crippen LogP contribution in [-0.2, 0) is 4.79 Å². The monoisotopic (exact) mass is 373 g/mol. The van der Waals surface area contributed by atoms with E-state index >= 15 is 0 Å². The molecule has 2 aromatic carbocycles. The molecule has 1 aliphatic rings. The van der Waals surface area contributed by atoms with Crippen molar-refractivity contribution in [2.24, 2.45) is 0 Å². The van der Waals surface area contributed by atoms with Crippen LogP contribution in [0.1, 0.15) is 19.8 Å². The summed E-state index contributed by atoms with van der Waals surface area (Å²) in [6, 6.07) is 19.7. The van der Waals surface area contributed by atoms with Gasteiger partial charge in [-0.05, 0) is 37.1 Å². The van der Waals surface area contributed by atoms with Crippen LogP contribution >= 0.6 is 0 Å². The average Bonchev–Trinajstić information content (AvgIpc) is 3.25. The predicted molar refractivity (Wildman–Crippen MR) is 113 cm³/mol. The van der Waals surface area contributed by atoms with Gasteiger partial charge >= 0.3 is 0 Å². The maximum Gasteiger partial charge on any atom is 0.229 e. The minimum Gasteiger partial charge on any atom is -0.356 e. The lowest BCUT2D eigenvalue weighted by atomic mass is 10.1. The van der Waals surface area contributed by atoms with Crippen molar-refractivity contribution in [3.63, 3.8) is 0 Å². The first-order chi connectivity index (χ1) is 13.7. The summed E-state index contributed by atoms with van der Waals surface area (Å²) >= 11 is 0. The number of amides is 1. The Morgan fingerprint density at radius 1 is 0.929 bits per heavy atom. The highest BCUT2D eigenvalue weighted by Gasteiger charge is 2.16. The Labute approximate surface area is 164 Å². The summed E-state index contributed by atoms with van der Waals surface area (Å²) in [4.78, 5) is 22.9. The normalized spacial score (nSPS) is 13.4. The van der Waals surface area contributed by atoms with E-state index in [9.17, 15) is 4.79 Å². The van der Waals surface area contributed by atoms with E-state index in [4.69, 9.17) is 9.97 Å². The van der Waals surface area contributed by atoms with Crippen LogP contribution in [0.15, 0.2) is 60.7 Å². The third-order valence-corrected chi connectivity index (χ3v) is 4.67. The maximum atomic E-state index is 11.2. The Bertz CT molecular complexity index is 950. The van der Waals surface area contributed by atoms with E-state index in [-0.39, 0.29) is 5.91 Å². The van der Waals surface area contributed by atoms with E-state index in [1.807, 2.05) is 42.5 Å². The summed E-state index contributed by atoms with van der Waals surface area (Å²) in [5.74, 6) is 1.43. The predicted octanol–water partition coefficient (Wildman–Crippen LogP) is 4.45. The van der Waals surface area contributed by atoms with Crippen LogP contribution in [0.4, 0.5) is 23.1 Å². The highest BCUT2D eigenvalue weighted by molar-refractivity contribution is 5.88. The van der Waals surface area contributed by atoms with Crippen molar-refractivity contribution in [2.45, 2.75) is 19.8 Å². The zero-order valence-electron chi connectivity index (χ0n) is 15.9. The lowest BCUT2D eigenvalue weighted by molar-refractivity contribution is -0.114. The van der Waals surface area contributed by atoms with Crippen molar-refractivity contribution in [1.82, 2.24) is 9.97 Å². The van der Waals surface area contributed by atoms with Gasteiger partial charge in [0.1, 0.15) is 5.82 Å². The number of nitrogens with one attached hydrogen (secondary N) is 2. The smallest absolute Gasteiger partial charge is 0.229 e. The molecule has 1 aliphatic heterocycles. The molecule has 1 saturated heterocycles. The van der Waals surface area contributed by atoms with Gasteiger partial charge in [0.25, 0.3) is 0 Å². The molecule has 0 bridgehead atoms. The molecule has 1 aromatic heterocycles. The summed E-state index contributed by atoms with van der Waals surface area (Å²) in [6.45, 7) is 3.54. The van der Waals surface area contributed by atoms with Crippen LogP contribution in [0, 0.1) is 0 Å². The molecule has 28 heavy (non-hydrogen) atoms. The van der Waals surface area contributed by atoms with E-state index in [1.54, 1.807) is 0 Å². The number of rotatable bonds is 5. The number of aromatic nitrogens is 2. The molecule has 0 atom stereocenters. The fourth-order valence-corrected chi connectivity index (χ4v) is 3.32. The molecule has 0 spiro atoms. The van der Waals surface area contributed by atoms with Crippen molar-refractivity contribution in [2.75, 3.05) is 28.6 Å². The molecule has 2 N–H and O–H groups in total. The number of nitrogens with zero attached hydrogens (tertiary/aromatic N) is 3. The number of carbonyl (C=O) groups excluding carboxylic acids is 1. The molecule has 142 valence electrons. The lowest BCUT2D eigenvalue weighted by Crippen LogP contribution is -2.19. The van der Waals surface area contributed by atoms with E-state index < -0.39 is 0 Å². The van der Waals surface area contributed by atoms with Crippen LogP contribution in [-0.4, -0.2) is 29.0 Å². The summed E-state index contributed by atoms with van der Waals surface area (Å²) in [5, 5.41) is 6.06. The molecule has 2 heterocycles. The highest BCUT2D eigenvalue weighted by atomic mass is 16.1. The van der Waals surface area contributed by atoms with Gasteiger partial charge in [-0.25, -0.2) is 4.98 Å². The van der Waals surface area contributed by atoms with E-state index in [2.05, 4.69) is 33.7 Å². The first-order valence-corrected chi connectivity index (χ1v) is 9.51. The topological polar surface area (TPSA) is 70.2 Å². The number of carbonyl (C=O) groups is 1. The Morgan fingerprint density at radius 2 is 1.61 bits per heavy atom. The van der Waals surface area contributed by atoms with Crippen LogP contribution in [0.2, 0.25) is 0 Å². The minimum absolute atomic E-state index is 0.0881. The van der Waals surface area contributed by atoms with Gasteiger partial charge in [0.15, 0.2) is 0 Å². The van der Waals surface area contributed by atoms with Crippen LogP contribution in [0.25, 0.3) is 11.3 Å². The van der Waals surface area contributed by atoms with Gasteiger partial charge in [0.05, 0.1) is 5.69 Å². The number of hydrogen-bond donors (Lipinski definition) is 2. The summed E-state index contributed by atoms with van der Waals surface area (Å²) in [7, 11) is 0. The van der Waals surface area contributed by atoms with Gasteiger partial charge in [-0.15, -0.1) is 0 Å². The standard InChI is InChI=1S/C22H23N5O/c1-16(28)23-18-9-11-19(12-10-18)24-22-25-20(17-7-3-2-4-8-17)15-21(26-22)27-13-5-6-14-27/h2-4,7-12,15H,5-6,13-14H2,1H3,(H,23,28)(H,24,25,26). The SMILES string of the molecule is CC(=O)Nc1ccc(Nc2nc(-c3ccccc3)cc(N3CCCC3)n2)cc1. The van der Waals surface area contributed by atoms with Crippen LogP contribution in [0.3, 0.4) is 0 Å². The van der Waals surface area contributed by atoms with E-state index in [1.165, 1.54) is 19.8 Å². The van der Waals surface area contributed by atoms with Gasteiger partial charge < -0.3 is 15.5 Å². The molecule has 3 aromatic rings. The zero-order valence-corrected chi connectivity index (χ0v) is 15.9. The van der Waals surface area contributed by atoms with Crippen molar-refractivity contribution < 1.29 is 4.79 Å². The van der Waals surface area contributed by atoms with E-state index in [0.717, 1.165) is 41.5 Å². The molecule has 1 amide bonds. The van der Waals surface area contributed by atoms with Crippen molar-refractivity contribution >= 4 is 29.0 Å². The van der Waals surface area contributed by atoms with Gasteiger partial charge in [-0.1, -0.05) is 30.3 Å². The first-order valence-electron chi connectivity index (χ1n) is 9.51. The fraction of sp³-hybridized carbons (Fsp3) is 0.227. The molecule has 0 unspecified atom stereocenters. The van der Waals surface area contributed by atoms with Crippen molar-refractivity contribution in [1.29, 1.82) is 0 Å². The second-order valence-electron chi connectivity index (χ2n) is 6.88. The molecular weight excluding hydrogens is 350 g/mol. The zero-order chi connectivity index (χ0) is 19.3. The van der Waals surface area contributed by atoms with Crippen molar-refractivity contribution in [3.8, 4) is 11.3 Å². The second-order valence-corrected chi connectivity index (χ2v) is 6.88. The summed E-state index contributed by atoms with van der Waals surface area (Å²) in [5.41, 5.74) is 3.59. The van der Waals surface area contributed by atoms with Gasteiger partial charge in [0.2, 0.25) is 11.9 Å². The number of hydrogen-bond acceptors (Lipinski definition) is 5. The Kier molecular flexibility index (Phi) is 5.19. The van der Waals surface area contributed by atoms with Gasteiger partial charge in [-0.3, -0.25) is 4.79 Å². The quantitative estimate of drug-likeness (QED) is 0.692. The third kappa shape index (κ3) is 4.28. The fourth-order valence-electron chi connectivity index (χ4n) is 3.32. The maximum absolute atomic E-state index is 11.2. The number of anilines is 4. The summed E-state index contributed by atoms with van der Waals surface area (Å²) < 4.78 is 0. The van der Waals surface area contributed by atoms with Gasteiger partial charge in [0, 0.05) is 43.0 Å². The molecule has 0 radical (unpaired) electrons. The summed E-state index contributed by atoms with van der Waals surface area (Å²) in [6.07, 6.45) is 2.39. The second kappa shape index (κ2) is 8.08. The molecule has 6 heteroatoms. The first kappa shape index (κ1) is 18.0. The van der Waals surface area contributed by atoms with Gasteiger partial charge in [-0.2, -0.15) is 4.98 Å². The largest absolute Gasteiger partial charge is 0.356 e. The Morgan fingerprint density at radius 3 is 2.29 bits per heavy atom. The third-order valence-electron chi connectivity index (χ3n) is 4.67. The van der Waals surface area contributed by atoms with Crippen LogP contribution in [0.5, 0.6) is 0 Å². The Balaban J connectivity index is 1.63. The van der Waals surface area contributed by atoms with Crippen LogP contribution < -0.4 is 15.5 Å². The highest BCUT2D eigenvalue weighted by Crippen LogP contribution is 2.27. The molecule has 0 saturated carbocycles. The molecule has 6 nitrogen and oxygen atoms in total. The lowest BCUT2D eigenvalue weighted by Gasteiger charge is -2.18. The van der Waals surface area contributed by atoms with Crippen molar-refractivity contribution in [3.05, 3.63) is 60.7 Å². The van der Waals surface area contributed by atoms with E-state index in [0.29, 0.717) is 5.95 Å².